The van der Waals surface area contributed by atoms with E-state index in [0.717, 1.165) is 5.69 Å². The Bertz CT molecular complexity index is 833. The third kappa shape index (κ3) is 3.49. The van der Waals surface area contributed by atoms with E-state index < -0.39 is 0 Å². The van der Waals surface area contributed by atoms with E-state index in [9.17, 15) is 9.90 Å². The Kier molecular flexibility index (Phi) is 4.25. The summed E-state index contributed by atoms with van der Waals surface area (Å²) in [7, 11) is 0. The minimum absolute atomic E-state index is 0.0611. The Morgan fingerprint density at radius 1 is 1.22 bits per heavy atom. The Morgan fingerprint density at radius 3 is 2.74 bits per heavy atom. The Morgan fingerprint density at radius 2 is 2.00 bits per heavy atom. The Balaban J connectivity index is 1.65. The van der Waals surface area contributed by atoms with Gasteiger partial charge in [0.1, 0.15) is 11.4 Å². The van der Waals surface area contributed by atoms with Gasteiger partial charge in [-0.15, -0.1) is 5.10 Å². The van der Waals surface area contributed by atoms with Crippen LogP contribution >= 0.6 is 11.6 Å². The summed E-state index contributed by atoms with van der Waals surface area (Å²) in [4.78, 5) is 12.1. The predicted octanol–water partition coefficient (Wildman–Crippen LogP) is 2.56. The van der Waals surface area contributed by atoms with Crippen molar-refractivity contribution in [1.82, 2.24) is 20.3 Å². The minimum Gasteiger partial charge on any atom is -0.506 e. The van der Waals surface area contributed by atoms with Crippen LogP contribution in [0.1, 0.15) is 16.1 Å². The van der Waals surface area contributed by atoms with Gasteiger partial charge in [0.25, 0.3) is 5.91 Å². The van der Waals surface area contributed by atoms with Gasteiger partial charge in [0.2, 0.25) is 0 Å². The second-order valence-electron chi connectivity index (χ2n) is 4.84. The molecule has 1 heterocycles. The van der Waals surface area contributed by atoms with Gasteiger partial charge in [-0.3, -0.25) is 4.79 Å². The van der Waals surface area contributed by atoms with E-state index in [1.165, 1.54) is 18.2 Å². The van der Waals surface area contributed by atoms with E-state index >= 15 is 0 Å². The molecule has 0 saturated heterocycles. The fourth-order valence-electron chi connectivity index (χ4n) is 2.01. The number of phenolic OH excluding ortho intramolecular Hbond substituents is 1. The van der Waals surface area contributed by atoms with Crippen LogP contribution in [0.4, 0.5) is 0 Å². The monoisotopic (exact) mass is 328 g/mol. The molecule has 3 rings (SSSR count). The summed E-state index contributed by atoms with van der Waals surface area (Å²) < 4.78 is 1.64. The number of benzene rings is 2. The smallest absolute Gasteiger partial charge is 0.251 e. The minimum atomic E-state index is -0.304. The van der Waals surface area contributed by atoms with Crippen LogP contribution in [0, 0.1) is 0 Å². The van der Waals surface area contributed by atoms with E-state index in [4.69, 9.17) is 11.6 Å². The molecule has 0 spiro atoms. The third-order valence-electron chi connectivity index (χ3n) is 3.20. The van der Waals surface area contributed by atoms with Gasteiger partial charge in [-0.05, 0) is 30.3 Å². The van der Waals surface area contributed by atoms with Crippen molar-refractivity contribution in [3.05, 3.63) is 71.0 Å². The molecule has 116 valence electrons. The first kappa shape index (κ1) is 15.1. The lowest BCUT2D eigenvalue weighted by Crippen LogP contribution is -2.22. The van der Waals surface area contributed by atoms with Crippen molar-refractivity contribution in [2.75, 3.05) is 0 Å². The maximum atomic E-state index is 12.1. The van der Waals surface area contributed by atoms with Gasteiger partial charge in [0.15, 0.2) is 0 Å². The van der Waals surface area contributed by atoms with Crippen LogP contribution in [0.5, 0.6) is 5.75 Å². The van der Waals surface area contributed by atoms with Crippen LogP contribution < -0.4 is 5.32 Å². The molecule has 0 saturated carbocycles. The molecule has 0 aliphatic rings. The van der Waals surface area contributed by atoms with Crippen LogP contribution in [0.3, 0.4) is 0 Å². The molecule has 1 aromatic heterocycles. The lowest BCUT2D eigenvalue weighted by Gasteiger charge is -2.04. The van der Waals surface area contributed by atoms with Crippen LogP contribution in [-0.4, -0.2) is 26.0 Å². The number of aromatic hydroxyl groups is 1. The number of rotatable bonds is 4. The zero-order chi connectivity index (χ0) is 16.2. The molecule has 23 heavy (non-hydrogen) atoms. The number of aromatic nitrogens is 3. The molecule has 1 amide bonds. The number of carbonyl (C=O) groups is 1. The highest BCUT2D eigenvalue weighted by molar-refractivity contribution is 6.32. The highest BCUT2D eigenvalue weighted by atomic mass is 35.5. The quantitative estimate of drug-likeness (QED) is 0.771. The maximum Gasteiger partial charge on any atom is 0.251 e. The molecule has 2 N–H and O–H groups in total. The molecule has 0 bridgehead atoms. The number of para-hydroxylation sites is 1. The van der Waals surface area contributed by atoms with E-state index in [2.05, 4.69) is 15.6 Å². The number of carbonyl (C=O) groups excluding carboxylic acids is 1. The zero-order valence-electron chi connectivity index (χ0n) is 12.0. The van der Waals surface area contributed by atoms with Gasteiger partial charge in [-0.25, -0.2) is 4.68 Å². The number of hydrogen-bond acceptors (Lipinski definition) is 4. The Hall–Kier alpha value is -2.86. The van der Waals surface area contributed by atoms with E-state index in [0.29, 0.717) is 11.3 Å². The SMILES string of the molecule is O=C(NCc1cn(-c2ccccc2)nn1)c1ccc(O)c(Cl)c1. The lowest BCUT2D eigenvalue weighted by atomic mass is 10.2. The van der Waals surface area contributed by atoms with Gasteiger partial charge >= 0.3 is 0 Å². The first-order valence-corrected chi connectivity index (χ1v) is 7.24. The van der Waals surface area contributed by atoms with Crippen LogP contribution in [0.2, 0.25) is 5.02 Å². The molecule has 0 aliphatic carbocycles. The number of hydrogen-bond donors (Lipinski definition) is 2. The summed E-state index contributed by atoms with van der Waals surface area (Å²) >= 11 is 5.79. The van der Waals surface area contributed by atoms with Crippen LogP contribution in [-0.2, 0) is 6.54 Å². The molecule has 0 unspecified atom stereocenters. The van der Waals surface area contributed by atoms with Gasteiger partial charge in [0, 0.05) is 5.56 Å². The molecule has 0 aliphatic heterocycles. The van der Waals surface area contributed by atoms with Crippen molar-refractivity contribution >= 4 is 17.5 Å². The largest absolute Gasteiger partial charge is 0.506 e. The molecule has 0 fully saturated rings. The van der Waals surface area contributed by atoms with Gasteiger partial charge in [0.05, 0.1) is 23.5 Å². The molecule has 2 aromatic carbocycles. The maximum absolute atomic E-state index is 12.1. The normalized spacial score (nSPS) is 10.5. The van der Waals surface area contributed by atoms with E-state index in [-0.39, 0.29) is 23.2 Å². The van der Waals surface area contributed by atoms with E-state index in [1.807, 2.05) is 30.3 Å². The molecular formula is C16H13ClN4O2. The van der Waals surface area contributed by atoms with Crippen LogP contribution in [0.25, 0.3) is 5.69 Å². The fraction of sp³-hybridized carbons (Fsp3) is 0.0625. The molecule has 7 heteroatoms. The highest BCUT2D eigenvalue weighted by Crippen LogP contribution is 2.23. The molecule has 0 atom stereocenters. The van der Waals surface area contributed by atoms with Crippen molar-refractivity contribution < 1.29 is 9.90 Å². The van der Waals surface area contributed by atoms with Crippen molar-refractivity contribution in [3.63, 3.8) is 0 Å². The predicted molar refractivity (Wildman–Crippen MR) is 85.6 cm³/mol. The molecule has 0 radical (unpaired) electrons. The summed E-state index contributed by atoms with van der Waals surface area (Å²) in [6.07, 6.45) is 1.75. The molecule has 6 nitrogen and oxygen atoms in total. The van der Waals surface area contributed by atoms with Crippen LogP contribution in [0.15, 0.2) is 54.7 Å². The third-order valence-corrected chi connectivity index (χ3v) is 3.50. The summed E-state index contributed by atoms with van der Waals surface area (Å²) in [5.41, 5.74) is 1.89. The van der Waals surface area contributed by atoms with Crippen molar-refractivity contribution in [3.8, 4) is 11.4 Å². The molecular weight excluding hydrogens is 316 g/mol. The molecule has 3 aromatic rings. The standard InChI is InChI=1S/C16H13ClN4O2/c17-14-8-11(6-7-15(14)22)16(23)18-9-12-10-21(20-19-12)13-4-2-1-3-5-13/h1-8,10,22H,9H2,(H,18,23). The van der Waals surface area contributed by atoms with Gasteiger partial charge < -0.3 is 10.4 Å². The number of halogens is 1. The summed E-state index contributed by atoms with van der Waals surface area (Å²) in [6.45, 7) is 0.240. The summed E-state index contributed by atoms with van der Waals surface area (Å²) in [6, 6.07) is 13.8. The second kappa shape index (κ2) is 6.50. The topological polar surface area (TPSA) is 80.0 Å². The van der Waals surface area contributed by atoms with Crippen molar-refractivity contribution in [2.45, 2.75) is 6.54 Å². The van der Waals surface area contributed by atoms with Crippen molar-refractivity contribution in [2.24, 2.45) is 0 Å². The number of nitrogens with zero attached hydrogens (tertiary/aromatic N) is 3. The zero-order valence-corrected chi connectivity index (χ0v) is 12.7. The average Bonchev–Trinajstić information content (AvgIpc) is 3.05. The fourth-order valence-corrected chi connectivity index (χ4v) is 2.19. The van der Waals surface area contributed by atoms with Gasteiger partial charge in [-0.2, -0.15) is 0 Å². The first-order chi connectivity index (χ1) is 11.1. The van der Waals surface area contributed by atoms with E-state index in [1.54, 1.807) is 10.9 Å². The lowest BCUT2D eigenvalue weighted by molar-refractivity contribution is 0.0950. The average molecular weight is 329 g/mol. The highest BCUT2D eigenvalue weighted by Gasteiger charge is 2.09. The summed E-state index contributed by atoms with van der Waals surface area (Å²) in [5.74, 6) is -0.366. The van der Waals surface area contributed by atoms with Gasteiger partial charge in [-0.1, -0.05) is 35.0 Å². The number of amides is 1. The summed E-state index contributed by atoms with van der Waals surface area (Å²) in [5, 5.41) is 20.3. The second-order valence-corrected chi connectivity index (χ2v) is 5.25. The number of phenols is 1. The first-order valence-electron chi connectivity index (χ1n) is 6.87. The Labute approximate surface area is 137 Å². The van der Waals surface area contributed by atoms with Crippen molar-refractivity contribution in [1.29, 1.82) is 0 Å². The number of nitrogens with one attached hydrogen (secondary N) is 1.